The zero-order valence-electron chi connectivity index (χ0n) is 26.9. The third-order valence-corrected chi connectivity index (χ3v) is 11.4. The average Bonchev–Trinajstić information content (AvgIpc) is 3.06. The molecule has 3 atom stereocenters. The molecule has 0 spiro atoms. The van der Waals surface area contributed by atoms with Crippen LogP contribution in [-0.4, -0.2) is 64.1 Å². The van der Waals surface area contributed by atoms with Gasteiger partial charge >= 0.3 is 0 Å². The van der Waals surface area contributed by atoms with Crippen molar-refractivity contribution in [2.45, 2.75) is 50.3 Å². The fraction of sp³-hybridized carbons (Fsp3) is 0.459. The molecule has 2 aliphatic rings. The Kier molecular flexibility index (Phi) is 11.4. The summed E-state index contributed by atoms with van der Waals surface area (Å²) in [5.74, 6) is 2.10. The minimum absolute atomic E-state index is 0.0462. The topological polar surface area (TPSA) is 86.8 Å². The van der Waals surface area contributed by atoms with Crippen molar-refractivity contribution >= 4 is 38.9 Å². The van der Waals surface area contributed by atoms with Gasteiger partial charge < -0.3 is 15.1 Å². The van der Waals surface area contributed by atoms with E-state index in [4.69, 9.17) is 11.6 Å². The molecule has 5 rings (SSSR count). The van der Waals surface area contributed by atoms with Crippen LogP contribution < -0.4 is 10.2 Å². The van der Waals surface area contributed by atoms with E-state index in [-0.39, 0.29) is 23.1 Å². The number of benzene rings is 3. The summed E-state index contributed by atoms with van der Waals surface area (Å²) in [6, 6.07) is 24.4. The highest BCUT2D eigenvalue weighted by molar-refractivity contribution is 7.90. The number of piperidine rings is 2. The highest BCUT2D eigenvalue weighted by Gasteiger charge is 2.39. The van der Waals surface area contributed by atoms with E-state index in [1.54, 1.807) is 36.4 Å². The number of anilines is 1. The molecule has 7 nitrogen and oxygen atoms in total. The number of nitrogens with zero attached hydrogens (tertiary/aromatic N) is 2. The lowest BCUT2D eigenvalue weighted by atomic mass is 9.67. The quantitative estimate of drug-likeness (QED) is 0.253. The van der Waals surface area contributed by atoms with Crippen molar-refractivity contribution in [3.05, 3.63) is 95.0 Å². The van der Waals surface area contributed by atoms with Crippen molar-refractivity contribution in [3.8, 4) is 0 Å². The maximum Gasteiger partial charge on any atom is 0.253 e. The van der Waals surface area contributed by atoms with Crippen LogP contribution in [0.3, 0.4) is 0 Å². The number of carbonyl (C=O) groups is 2. The Labute approximate surface area is 279 Å². The smallest absolute Gasteiger partial charge is 0.253 e. The predicted molar refractivity (Wildman–Crippen MR) is 185 cm³/mol. The number of amides is 2. The third-order valence-electron chi connectivity index (χ3n) is 10.0. The molecule has 246 valence electrons. The van der Waals surface area contributed by atoms with Gasteiger partial charge in [0.05, 0.1) is 11.3 Å². The molecule has 3 unspecified atom stereocenters. The Morgan fingerprint density at radius 3 is 2.22 bits per heavy atom. The summed E-state index contributed by atoms with van der Waals surface area (Å²) in [5, 5.41) is 3.77. The molecule has 2 heterocycles. The van der Waals surface area contributed by atoms with E-state index < -0.39 is 9.84 Å². The second-order valence-corrected chi connectivity index (χ2v) is 15.4. The molecule has 0 aromatic heterocycles. The second-order valence-electron chi connectivity index (χ2n) is 12.9. The number of sulfone groups is 1. The summed E-state index contributed by atoms with van der Waals surface area (Å²) >= 11 is 6.04. The summed E-state index contributed by atoms with van der Waals surface area (Å²) < 4.78 is 23.5. The molecule has 9 heteroatoms. The molecule has 0 saturated carbocycles. The second kappa shape index (κ2) is 15.5. The number of carbonyl (C=O) groups excluding carboxylic acids is 2. The molecule has 3 aromatic carbocycles. The summed E-state index contributed by atoms with van der Waals surface area (Å²) in [6.07, 6.45) is 6.51. The number of para-hydroxylation sites is 1. The molecule has 2 fully saturated rings. The molecular formula is C37H46ClN3O4S. The monoisotopic (exact) mass is 663 g/mol. The number of hydrogen-bond acceptors (Lipinski definition) is 5. The Morgan fingerprint density at radius 2 is 1.59 bits per heavy atom. The lowest BCUT2D eigenvalue weighted by Gasteiger charge is -2.47. The van der Waals surface area contributed by atoms with Crippen molar-refractivity contribution in [1.82, 2.24) is 10.2 Å². The molecule has 3 aromatic rings. The first-order chi connectivity index (χ1) is 22.1. The molecule has 0 bridgehead atoms. The fourth-order valence-corrected chi connectivity index (χ4v) is 8.29. The number of likely N-dealkylation sites (tertiary alicyclic amines) is 1. The minimum atomic E-state index is -3.26. The first kappa shape index (κ1) is 34.0. The summed E-state index contributed by atoms with van der Waals surface area (Å²) in [7, 11) is -3.26. The van der Waals surface area contributed by atoms with Crippen LogP contribution in [-0.2, 0) is 21.1 Å². The van der Waals surface area contributed by atoms with E-state index in [0.717, 1.165) is 63.8 Å². The van der Waals surface area contributed by atoms with E-state index in [9.17, 15) is 18.0 Å². The van der Waals surface area contributed by atoms with Crippen LogP contribution in [0.15, 0.2) is 83.8 Å². The fourth-order valence-electron chi connectivity index (χ4n) is 7.54. The third kappa shape index (κ3) is 8.71. The van der Waals surface area contributed by atoms with Crippen molar-refractivity contribution in [2.75, 3.05) is 43.9 Å². The molecule has 2 saturated heterocycles. The number of nitrogens with one attached hydrogen (secondary N) is 1. The Hall–Kier alpha value is -3.36. The maximum atomic E-state index is 13.2. The number of rotatable bonds is 11. The molecule has 0 aliphatic carbocycles. The normalized spacial score (nSPS) is 19.9. The van der Waals surface area contributed by atoms with E-state index in [1.165, 1.54) is 11.9 Å². The van der Waals surface area contributed by atoms with Gasteiger partial charge in [-0.2, -0.15) is 0 Å². The first-order valence-electron chi connectivity index (χ1n) is 16.5. The van der Waals surface area contributed by atoms with E-state index >= 15 is 0 Å². The van der Waals surface area contributed by atoms with Gasteiger partial charge in [-0.05, 0) is 103 Å². The molecule has 0 radical (unpaired) electrons. The largest absolute Gasteiger partial charge is 0.371 e. The summed E-state index contributed by atoms with van der Waals surface area (Å²) in [4.78, 5) is 30.8. The van der Waals surface area contributed by atoms with Gasteiger partial charge in [0.25, 0.3) is 5.91 Å². The van der Waals surface area contributed by atoms with E-state index in [1.807, 2.05) is 17.0 Å². The highest BCUT2D eigenvalue weighted by atomic mass is 35.5. The van der Waals surface area contributed by atoms with Gasteiger partial charge in [-0.25, -0.2) is 8.42 Å². The van der Waals surface area contributed by atoms with Gasteiger partial charge in [-0.15, -0.1) is 0 Å². The lowest BCUT2D eigenvalue weighted by Crippen LogP contribution is -2.48. The predicted octanol–water partition coefficient (Wildman–Crippen LogP) is 6.51. The van der Waals surface area contributed by atoms with Gasteiger partial charge in [0.1, 0.15) is 0 Å². The van der Waals surface area contributed by atoms with Crippen LogP contribution in [0.25, 0.3) is 0 Å². The Morgan fingerprint density at radius 1 is 0.913 bits per heavy atom. The molecule has 2 amide bonds. The SMILES string of the molecule is CCC(C1CCN(C(=O)c2ccc(Cl)cc2)CC1)C1CN(c2ccccc2)CCC1CCNC(=O)Cc1ccc(S(C)(=O)=O)cc1. The zero-order chi connectivity index (χ0) is 32.7. The van der Waals surface area contributed by atoms with E-state index in [0.29, 0.717) is 40.8 Å². The lowest BCUT2D eigenvalue weighted by molar-refractivity contribution is -0.120. The number of hydrogen-bond donors (Lipinski definition) is 1. The van der Waals surface area contributed by atoms with Crippen LogP contribution in [0.1, 0.15) is 54.9 Å². The highest BCUT2D eigenvalue weighted by Crippen LogP contribution is 2.42. The Bertz CT molecular complexity index is 1560. The molecule has 2 aliphatic heterocycles. The summed E-state index contributed by atoms with van der Waals surface area (Å²) in [6.45, 7) is 6.46. The Balaban J connectivity index is 1.21. The van der Waals surface area contributed by atoms with Crippen molar-refractivity contribution < 1.29 is 18.0 Å². The first-order valence-corrected chi connectivity index (χ1v) is 18.8. The maximum absolute atomic E-state index is 13.2. The van der Waals surface area contributed by atoms with Crippen molar-refractivity contribution in [3.63, 3.8) is 0 Å². The molecule has 46 heavy (non-hydrogen) atoms. The van der Waals surface area contributed by atoms with Crippen LogP contribution in [0.4, 0.5) is 5.69 Å². The van der Waals surface area contributed by atoms with Crippen LogP contribution in [0.5, 0.6) is 0 Å². The molecule has 1 N–H and O–H groups in total. The van der Waals surface area contributed by atoms with Crippen LogP contribution in [0.2, 0.25) is 5.02 Å². The van der Waals surface area contributed by atoms with Gasteiger partial charge in [-0.1, -0.05) is 55.3 Å². The van der Waals surface area contributed by atoms with Crippen LogP contribution in [0, 0.1) is 23.7 Å². The minimum Gasteiger partial charge on any atom is -0.371 e. The van der Waals surface area contributed by atoms with Crippen molar-refractivity contribution in [1.29, 1.82) is 0 Å². The standard InChI is InChI=1S/C37H46ClN3O4S/c1-3-34(29-18-22-40(23-19-29)37(43)30-11-13-31(38)14-12-30)35-26-41(32-7-5-4-6-8-32)24-20-28(35)17-21-39-36(42)25-27-9-15-33(16-10-27)46(2,44)45/h4-16,28-29,34-35H,3,17-26H2,1-2H3,(H,39,42). The van der Waals surface area contributed by atoms with Gasteiger partial charge in [0.2, 0.25) is 5.91 Å². The molecular weight excluding hydrogens is 618 g/mol. The van der Waals surface area contributed by atoms with Gasteiger partial charge in [0, 0.05) is 55.3 Å². The van der Waals surface area contributed by atoms with E-state index in [2.05, 4.69) is 47.5 Å². The van der Waals surface area contributed by atoms with Crippen molar-refractivity contribution in [2.24, 2.45) is 23.7 Å². The number of halogens is 1. The van der Waals surface area contributed by atoms with Crippen LogP contribution >= 0.6 is 11.6 Å². The zero-order valence-corrected chi connectivity index (χ0v) is 28.5. The average molecular weight is 664 g/mol. The van der Waals surface area contributed by atoms with Gasteiger partial charge in [-0.3, -0.25) is 9.59 Å². The van der Waals surface area contributed by atoms with Gasteiger partial charge in [0.15, 0.2) is 9.84 Å². The summed E-state index contributed by atoms with van der Waals surface area (Å²) in [5.41, 5.74) is 2.75.